The van der Waals surface area contributed by atoms with Gasteiger partial charge in [-0.25, -0.2) is 22.3 Å². The molecule has 140 valence electrons. The van der Waals surface area contributed by atoms with E-state index in [2.05, 4.69) is 5.32 Å². The number of nitrogens with zero attached hydrogens (tertiary/aromatic N) is 1. The van der Waals surface area contributed by atoms with E-state index in [1.54, 1.807) is 12.1 Å². The Hall–Kier alpha value is -3.29. The van der Waals surface area contributed by atoms with Gasteiger partial charge in [0, 0.05) is 5.69 Å². The van der Waals surface area contributed by atoms with Gasteiger partial charge in [-0.15, -0.1) is 0 Å². The summed E-state index contributed by atoms with van der Waals surface area (Å²) in [6.07, 6.45) is 0. The second kappa shape index (κ2) is 8.39. The molecule has 0 aliphatic carbocycles. The van der Waals surface area contributed by atoms with Gasteiger partial charge in [-0.05, 0) is 43.4 Å². The molecule has 0 heterocycles. The maximum atomic E-state index is 13.8. The van der Waals surface area contributed by atoms with Gasteiger partial charge in [0.15, 0.2) is 6.61 Å². The lowest BCUT2D eigenvalue weighted by Crippen LogP contribution is -2.22. The Balaban J connectivity index is 2.06. The molecular formula is C17H14FN3O5S. The molecule has 0 aromatic heterocycles. The quantitative estimate of drug-likeness (QED) is 0.717. The zero-order valence-corrected chi connectivity index (χ0v) is 14.8. The third-order valence-electron chi connectivity index (χ3n) is 3.35. The Bertz CT molecular complexity index is 1030. The van der Waals surface area contributed by atoms with Crippen molar-refractivity contribution in [1.82, 2.24) is 4.72 Å². The number of amides is 1. The molecule has 0 unspecified atom stereocenters. The summed E-state index contributed by atoms with van der Waals surface area (Å²) in [5, 5.41) is 11.2. The van der Waals surface area contributed by atoms with Gasteiger partial charge in [0.1, 0.15) is 5.82 Å². The fraction of sp³-hybridized carbons (Fsp3) is 0.118. The van der Waals surface area contributed by atoms with Crippen molar-refractivity contribution in [3.8, 4) is 6.07 Å². The predicted molar refractivity (Wildman–Crippen MR) is 92.7 cm³/mol. The normalized spacial score (nSPS) is 10.7. The number of hydrogen-bond donors (Lipinski definition) is 2. The summed E-state index contributed by atoms with van der Waals surface area (Å²) in [6, 6.07) is 10.6. The number of nitrogens with one attached hydrogen (secondary N) is 2. The van der Waals surface area contributed by atoms with E-state index in [0.717, 1.165) is 18.2 Å². The Morgan fingerprint density at radius 1 is 1.22 bits per heavy atom. The molecule has 0 bridgehead atoms. The van der Waals surface area contributed by atoms with E-state index in [1.165, 1.54) is 19.2 Å². The fourth-order valence-corrected chi connectivity index (χ4v) is 2.77. The third-order valence-corrected chi connectivity index (χ3v) is 4.76. The highest BCUT2D eigenvalue weighted by Gasteiger charge is 2.20. The fourth-order valence-electron chi connectivity index (χ4n) is 2.02. The molecule has 2 aromatic rings. The highest BCUT2D eigenvalue weighted by molar-refractivity contribution is 7.89. The van der Waals surface area contributed by atoms with Crippen LogP contribution in [-0.2, 0) is 19.6 Å². The molecule has 8 nitrogen and oxygen atoms in total. The van der Waals surface area contributed by atoms with E-state index in [-0.39, 0.29) is 4.90 Å². The van der Waals surface area contributed by atoms with Crippen LogP contribution < -0.4 is 10.0 Å². The first-order chi connectivity index (χ1) is 12.8. The van der Waals surface area contributed by atoms with Crippen molar-refractivity contribution in [2.75, 3.05) is 19.0 Å². The van der Waals surface area contributed by atoms with Gasteiger partial charge in [-0.1, -0.05) is 6.07 Å². The number of carbonyl (C=O) groups excluding carboxylic acids is 2. The zero-order chi connectivity index (χ0) is 20.0. The standard InChI is InChI=1S/C17H14FN3O5S/c1-20-27(24,25)13-5-6-15(18)14(8-13)17(23)26-10-16(22)21-12-4-2-3-11(7-12)9-19/h2-8,20H,10H2,1H3,(H,21,22). The first-order valence-corrected chi connectivity index (χ1v) is 8.95. The molecule has 0 atom stereocenters. The number of ether oxygens (including phenoxy) is 1. The van der Waals surface area contributed by atoms with E-state index in [9.17, 15) is 22.4 Å². The summed E-state index contributed by atoms with van der Waals surface area (Å²) in [5.74, 6) is -2.89. The van der Waals surface area contributed by atoms with Crippen LogP contribution in [0.5, 0.6) is 0 Å². The van der Waals surface area contributed by atoms with Crippen molar-refractivity contribution < 1.29 is 27.1 Å². The third kappa shape index (κ3) is 5.10. The molecule has 0 aliphatic heterocycles. The van der Waals surface area contributed by atoms with E-state index < -0.39 is 39.9 Å². The van der Waals surface area contributed by atoms with Crippen LogP contribution in [0, 0.1) is 17.1 Å². The van der Waals surface area contributed by atoms with Crippen molar-refractivity contribution in [1.29, 1.82) is 5.26 Å². The highest BCUT2D eigenvalue weighted by atomic mass is 32.2. The van der Waals surface area contributed by atoms with Gasteiger partial charge in [0.05, 0.1) is 22.1 Å². The Morgan fingerprint density at radius 2 is 1.96 bits per heavy atom. The number of sulfonamides is 1. The van der Waals surface area contributed by atoms with Crippen LogP contribution in [0.2, 0.25) is 0 Å². The maximum absolute atomic E-state index is 13.8. The van der Waals surface area contributed by atoms with Crippen molar-refractivity contribution in [3.05, 3.63) is 59.4 Å². The highest BCUT2D eigenvalue weighted by Crippen LogP contribution is 2.16. The van der Waals surface area contributed by atoms with Crippen LogP contribution in [0.4, 0.5) is 10.1 Å². The van der Waals surface area contributed by atoms with Crippen molar-refractivity contribution in [2.24, 2.45) is 0 Å². The molecular weight excluding hydrogens is 377 g/mol. The molecule has 0 spiro atoms. The molecule has 0 radical (unpaired) electrons. The molecule has 10 heteroatoms. The number of rotatable bonds is 6. The zero-order valence-electron chi connectivity index (χ0n) is 14.0. The second-order valence-electron chi connectivity index (χ2n) is 5.17. The van der Waals surface area contributed by atoms with Crippen molar-refractivity contribution in [3.63, 3.8) is 0 Å². The SMILES string of the molecule is CNS(=O)(=O)c1ccc(F)c(C(=O)OCC(=O)Nc2cccc(C#N)c2)c1. The Morgan fingerprint density at radius 3 is 2.63 bits per heavy atom. The molecule has 2 rings (SSSR count). The Labute approximate surface area is 154 Å². The van der Waals surface area contributed by atoms with E-state index >= 15 is 0 Å². The molecule has 2 N–H and O–H groups in total. The minimum absolute atomic E-state index is 0.323. The van der Waals surface area contributed by atoms with Gasteiger partial charge in [-0.2, -0.15) is 5.26 Å². The largest absolute Gasteiger partial charge is 0.452 e. The molecule has 0 saturated carbocycles. The summed E-state index contributed by atoms with van der Waals surface area (Å²) < 4.78 is 44.1. The van der Waals surface area contributed by atoms with Crippen LogP contribution in [0.25, 0.3) is 0 Å². The van der Waals surface area contributed by atoms with Gasteiger partial charge in [0.2, 0.25) is 10.0 Å². The topological polar surface area (TPSA) is 125 Å². The first kappa shape index (κ1) is 20.0. The number of nitriles is 1. The summed E-state index contributed by atoms with van der Waals surface area (Å²) in [4.78, 5) is 23.5. The van der Waals surface area contributed by atoms with E-state index in [0.29, 0.717) is 11.3 Å². The van der Waals surface area contributed by atoms with Crippen molar-refractivity contribution in [2.45, 2.75) is 4.90 Å². The molecule has 27 heavy (non-hydrogen) atoms. The number of esters is 1. The molecule has 0 aliphatic rings. The van der Waals surface area contributed by atoms with Gasteiger partial charge >= 0.3 is 5.97 Å². The smallest absolute Gasteiger partial charge is 0.341 e. The average molecular weight is 391 g/mol. The van der Waals surface area contributed by atoms with E-state index in [1.807, 2.05) is 10.8 Å². The average Bonchev–Trinajstić information content (AvgIpc) is 2.66. The van der Waals surface area contributed by atoms with Gasteiger partial charge in [0.25, 0.3) is 5.91 Å². The lowest BCUT2D eigenvalue weighted by molar-refractivity contribution is -0.119. The number of carbonyl (C=O) groups is 2. The number of anilines is 1. The maximum Gasteiger partial charge on any atom is 0.341 e. The summed E-state index contributed by atoms with van der Waals surface area (Å²) in [5.41, 5.74) is 0.0309. The first-order valence-electron chi connectivity index (χ1n) is 7.47. The lowest BCUT2D eigenvalue weighted by atomic mass is 10.2. The number of halogens is 1. The molecule has 2 aromatic carbocycles. The van der Waals surface area contributed by atoms with Gasteiger partial charge < -0.3 is 10.1 Å². The molecule has 0 fully saturated rings. The number of hydrogen-bond acceptors (Lipinski definition) is 6. The summed E-state index contributed by atoms with van der Waals surface area (Å²) >= 11 is 0. The van der Waals surface area contributed by atoms with Crippen LogP contribution in [0.1, 0.15) is 15.9 Å². The Kier molecular flexibility index (Phi) is 6.23. The van der Waals surface area contributed by atoms with Crippen LogP contribution in [0.3, 0.4) is 0 Å². The minimum Gasteiger partial charge on any atom is -0.452 e. The van der Waals surface area contributed by atoms with Crippen LogP contribution in [0.15, 0.2) is 47.4 Å². The lowest BCUT2D eigenvalue weighted by Gasteiger charge is -2.09. The van der Waals surface area contributed by atoms with E-state index in [4.69, 9.17) is 10.00 Å². The molecule has 1 amide bonds. The monoisotopic (exact) mass is 391 g/mol. The summed E-state index contributed by atoms with van der Waals surface area (Å²) in [7, 11) is -2.71. The second-order valence-corrected chi connectivity index (χ2v) is 7.05. The minimum atomic E-state index is -3.88. The van der Waals surface area contributed by atoms with Crippen molar-refractivity contribution >= 4 is 27.6 Å². The number of benzene rings is 2. The van der Waals surface area contributed by atoms with Crippen LogP contribution >= 0.6 is 0 Å². The molecule has 0 saturated heterocycles. The van der Waals surface area contributed by atoms with Crippen LogP contribution in [-0.4, -0.2) is 33.9 Å². The predicted octanol–water partition coefficient (Wildman–Crippen LogP) is 1.40. The van der Waals surface area contributed by atoms with Gasteiger partial charge in [-0.3, -0.25) is 4.79 Å². The summed E-state index contributed by atoms with van der Waals surface area (Å²) in [6.45, 7) is -0.724.